The van der Waals surface area contributed by atoms with E-state index < -0.39 is 14.9 Å². The number of anilines is 1. The lowest BCUT2D eigenvalue weighted by molar-refractivity contribution is -0.383. The van der Waals surface area contributed by atoms with Gasteiger partial charge < -0.3 is 5.43 Å². The molecule has 0 amide bonds. The summed E-state index contributed by atoms with van der Waals surface area (Å²) in [5.41, 5.74) is 1.80. The quantitative estimate of drug-likeness (QED) is 0.274. The Bertz CT molecular complexity index is 585. The summed E-state index contributed by atoms with van der Waals surface area (Å²) in [6, 6.07) is 0.790. The van der Waals surface area contributed by atoms with Crippen molar-refractivity contribution in [2.75, 3.05) is 5.43 Å². The highest BCUT2D eigenvalue weighted by molar-refractivity contribution is 7.91. The highest BCUT2D eigenvalue weighted by Crippen LogP contribution is 2.36. The van der Waals surface area contributed by atoms with Crippen LogP contribution in [0.3, 0.4) is 0 Å². The number of nitrogens with two attached hydrogens (primary N) is 1. The fraction of sp³-hybridized carbons (Fsp3) is 0.636. The van der Waals surface area contributed by atoms with E-state index in [0.717, 1.165) is 43.1 Å². The molecule has 0 bridgehead atoms. The topological polar surface area (TPSA) is 127 Å². The van der Waals surface area contributed by atoms with Gasteiger partial charge in [0.2, 0.25) is 0 Å². The van der Waals surface area contributed by atoms with Crippen LogP contribution < -0.4 is 16.0 Å². The monoisotopic (exact) mass is 336 g/mol. The molecule has 1 atom stereocenters. The third-order valence-electron chi connectivity index (χ3n) is 2.88. The molecule has 1 aromatic heterocycles. The van der Waals surface area contributed by atoms with Gasteiger partial charge in [0.1, 0.15) is 4.21 Å². The summed E-state index contributed by atoms with van der Waals surface area (Å²) in [5.74, 6) is 5.17. The molecule has 0 saturated carbocycles. The van der Waals surface area contributed by atoms with Gasteiger partial charge in [0.15, 0.2) is 5.00 Å². The standard InChI is InChI=1S/C11H20N4O4S2/c1-3-4-5-6-8(2)14-21(18,19)10-7-9(15(16)17)11(13-12)20-10/h7-8,13-14H,3-6,12H2,1-2H3. The molecule has 8 nitrogen and oxygen atoms in total. The van der Waals surface area contributed by atoms with Crippen LogP contribution in [-0.2, 0) is 10.0 Å². The maximum atomic E-state index is 12.2. The minimum atomic E-state index is -3.77. The van der Waals surface area contributed by atoms with E-state index >= 15 is 0 Å². The lowest BCUT2D eigenvalue weighted by Crippen LogP contribution is -2.32. The van der Waals surface area contributed by atoms with Crippen molar-refractivity contribution >= 4 is 32.0 Å². The molecule has 1 heterocycles. The van der Waals surface area contributed by atoms with Crippen molar-refractivity contribution in [3.05, 3.63) is 16.2 Å². The summed E-state index contributed by atoms with van der Waals surface area (Å²) in [6.45, 7) is 3.85. The second-order valence-corrected chi connectivity index (χ2v) is 7.69. The Kier molecular flexibility index (Phi) is 6.52. The lowest BCUT2D eigenvalue weighted by Gasteiger charge is -2.12. The van der Waals surface area contributed by atoms with E-state index in [2.05, 4.69) is 17.1 Å². The number of unbranched alkanes of at least 4 members (excludes halogenated alkanes) is 2. The van der Waals surface area contributed by atoms with Gasteiger partial charge in [-0.3, -0.25) is 10.1 Å². The van der Waals surface area contributed by atoms with E-state index in [1.54, 1.807) is 6.92 Å². The van der Waals surface area contributed by atoms with Gasteiger partial charge in [-0.15, -0.1) is 0 Å². The zero-order valence-corrected chi connectivity index (χ0v) is 13.6. The van der Waals surface area contributed by atoms with E-state index in [9.17, 15) is 18.5 Å². The van der Waals surface area contributed by atoms with Crippen LogP contribution >= 0.6 is 11.3 Å². The predicted octanol–water partition coefficient (Wildman–Crippen LogP) is 2.19. The molecule has 1 rings (SSSR count). The van der Waals surface area contributed by atoms with Crippen LogP contribution in [0.2, 0.25) is 0 Å². The SMILES string of the molecule is CCCCCC(C)NS(=O)(=O)c1cc([N+](=O)[O-])c(NN)s1. The van der Waals surface area contributed by atoms with Crippen molar-refractivity contribution in [1.29, 1.82) is 0 Å². The van der Waals surface area contributed by atoms with Gasteiger partial charge in [-0.2, -0.15) is 0 Å². The zero-order chi connectivity index (χ0) is 16.0. The summed E-state index contributed by atoms with van der Waals surface area (Å²) in [4.78, 5) is 10.1. The van der Waals surface area contributed by atoms with Crippen LogP contribution in [0, 0.1) is 10.1 Å². The van der Waals surface area contributed by atoms with Crippen LogP contribution in [0.1, 0.15) is 39.5 Å². The molecule has 0 aliphatic carbocycles. The van der Waals surface area contributed by atoms with Crippen molar-refractivity contribution in [2.45, 2.75) is 49.8 Å². The first-order chi connectivity index (χ1) is 9.81. The van der Waals surface area contributed by atoms with Crippen LogP contribution in [0.4, 0.5) is 10.7 Å². The van der Waals surface area contributed by atoms with Gasteiger partial charge in [-0.25, -0.2) is 19.0 Å². The van der Waals surface area contributed by atoms with Crippen molar-refractivity contribution in [3.8, 4) is 0 Å². The number of sulfonamides is 1. The van der Waals surface area contributed by atoms with Crippen molar-refractivity contribution in [2.24, 2.45) is 5.84 Å². The van der Waals surface area contributed by atoms with Gasteiger partial charge >= 0.3 is 5.69 Å². The van der Waals surface area contributed by atoms with E-state index in [4.69, 9.17) is 5.84 Å². The molecule has 10 heteroatoms. The van der Waals surface area contributed by atoms with Crippen molar-refractivity contribution in [1.82, 2.24) is 4.72 Å². The molecular weight excluding hydrogens is 316 g/mol. The van der Waals surface area contributed by atoms with Crippen molar-refractivity contribution < 1.29 is 13.3 Å². The molecule has 21 heavy (non-hydrogen) atoms. The minimum absolute atomic E-state index is 0.0130. The zero-order valence-electron chi connectivity index (χ0n) is 12.0. The Morgan fingerprint density at radius 2 is 2.14 bits per heavy atom. The van der Waals surface area contributed by atoms with E-state index in [0.29, 0.717) is 0 Å². The molecule has 1 unspecified atom stereocenters. The number of nitrogens with one attached hydrogen (secondary N) is 2. The number of nitrogens with zero attached hydrogens (tertiary/aromatic N) is 1. The first-order valence-corrected chi connectivity index (χ1v) is 8.89. The molecule has 0 aliphatic heterocycles. The van der Waals surface area contributed by atoms with Crippen LogP contribution in [0.15, 0.2) is 10.3 Å². The smallest absolute Gasteiger partial charge is 0.306 e. The first kappa shape index (κ1) is 17.8. The molecule has 0 aromatic carbocycles. The highest BCUT2D eigenvalue weighted by atomic mass is 32.2. The molecule has 120 valence electrons. The molecule has 0 fully saturated rings. The number of rotatable bonds is 9. The molecular formula is C11H20N4O4S2. The van der Waals surface area contributed by atoms with E-state index in [-0.39, 0.29) is 20.9 Å². The van der Waals surface area contributed by atoms with Gasteiger partial charge in [0, 0.05) is 12.1 Å². The average molecular weight is 336 g/mol. The van der Waals surface area contributed by atoms with E-state index in [1.165, 1.54) is 0 Å². The summed E-state index contributed by atoms with van der Waals surface area (Å²) in [5, 5.41) is 10.8. The first-order valence-electron chi connectivity index (χ1n) is 6.59. The molecule has 0 saturated heterocycles. The fourth-order valence-corrected chi connectivity index (χ4v) is 4.35. The summed E-state index contributed by atoms with van der Waals surface area (Å²) >= 11 is 0.737. The number of hydrogen-bond donors (Lipinski definition) is 3. The van der Waals surface area contributed by atoms with Crippen LogP contribution in [0.25, 0.3) is 0 Å². The predicted molar refractivity (Wildman–Crippen MR) is 82.7 cm³/mol. The largest absolute Gasteiger partial charge is 0.310 e. The average Bonchev–Trinajstić information content (AvgIpc) is 2.83. The summed E-state index contributed by atoms with van der Waals surface area (Å²) in [6.07, 6.45) is 3.75. The number of nitro groups is 1. The molecule has 0 spiro atoms. The molecule has 0 aliphatic rings. The van der Waals surface area contributed by atoms with Crippen molar-refractivity contribution in [3.63, 3.8) is 0 Å². The Morgan fingerprint density at radius 3 is 2.62 bits per heavy atom. The Morgan fingerprint density at radius 1 is 1.48 bits per heavy atom. The maximum Gasteiger partial charge on any atom is 0.306 e. The number of nitrogen functional groups attached to an aromatic ring is 1. The summed E-state index contributed by atoms with van der Waals surface area (Å²) < 4.78 is 26.8. The highest BCUT2D eigenvalue weighted by Gasteiger charge is 2.26. The number of hydrazine groups is 1. The third-order valence-corrected chi connectivity index (χ3v) is 6.00. The Labute approximate surface area is 127 Å². The van der Waals surface area contributed by atoms with Gasteiger partial charge in [-0.05, 0) is 13.3 Å². The third kappa shape index (κ3) is 4.92. The second kappa shape index (κ2) is 7.69. The van der Waals surface area contributed by atoms with Gasteiger partial charge in [0.05, 0.1) is 4.92 Å². The Balaban J connectivity index is 2.85. The Hall–Kier alpha value is -1.23. The fourth-order valence-electron chi connectivity index (χ4n) is 1.81. The number of hydrogen-bond acceptors (Lipinski definition) is 7. The van der Waals surface area contributed by atoms with Crippen LogP contribution in [0.5, 0.6) is 0 Å². The molecule has 1 aromatic rings. The van der Waals surface area contributed by atoms with Gasteiger partial charge in [0.25, 0.3) is 10.0 Å². The molecule has 4 N–H and O–H groups in total. The summed E-state index contributed by atoms with van der Waals surface area (Å²) in [7, 11) is -3.77. The van der Waals surface area contributed by atoms with Crippen LogP contribution in [-0.4, -0.2) is 19.4 Å². The lowest BCUT2D eigenvalue weighted by atomic mass is 10.1. The normalized spacial score (nSPS) is 13.1. The second-order valence-electron chi connectivity index (χ2n) is 4.70. The van der Waals surface area contributed by atoms with Gasteiger partial charge in [-0.1, -0.05) is 37.5 Å². The minimum Gasteiger partial charge on any atom is -0.310 e. The number of thiophene rings is 1. The molecule has 0 radical (unpaired) electrons. The maximum absolute atomic E-state index is 12.2. The van der Waals surface area contributed by atoms with E-state index in [1.807, 2.05) is 0 Å².